The van der Waals surface area contributed by atoms with Crippen molar-refractivity contribution < 1.29 is 28.5 Å². The fraction of sp³-hybridized carbons (Fsp3) is 0.207. The third-order valence-electron chi connectivity index (χ3n) is 6.13. The Morgan fingerprint density at radius 3 is 2.60 bits per heavy atom. The zero-order valence-corrected chi connectivity index (χ0v) is 24.4. The number of benzene rings is 3. The highest BCUT2D eigenvalue weighted by molar-refractivity contribution is 7.97. The summed E-state index contributed by atoms with van der Waals surface area (Å²) in [4.78, 5) is 15.1. The number of phenols is 1. The maximum Gasteiger partial charge on any atom is 0.254 e. The lowest BCUT2D eigenvalue weighted by Gasteiger charge is -2.29. The molecule has 210 valence electrons. The summed E-state index contributed by atoms with van der Waals surface area (Å²) in [6.45, 7) is 0.663. The molecular formula is C29H29F2N2O4PS2. The van der Waals surface area contributed by atoms with Crippen LogP contribution < -0.4 is 15.4 Å². The number of carbonyl (C=O) groups excluding carboxylic acids is 1. The number of thiophene rings is 1. The van der Waals surface area contributed by atoms with Gasteiger partial charge in [0.25, 0.3) is 5.91 Å². The van der Waals surface area contributed by atoms with Crippen LogP contribution in [-0.4, -0.2) is 46.2 Å². The van der Waals surface area contributed by atoms with Gasteiger partial charge in [0.2, 0.25) is 0 Å². The molecule has 0 saturated carbocycles. The Balaban J connectivity index is 1.59. The van der Waals surface area contributed by atoms with Crippen molar-refractivity contribution in [1.29, 1.82) is 0 Å². The average molecular weight is 603 g/mol. The third-order valence-corrected chi connectivity index (χ3v) is 8.54. The predicted octanol–water partition coefficient (Wildman–Crippen LogP) is 5.15. The number of halogens is 2. The molecule has 0 saturated heterocycles. The topological polar surface area (TPSA) is 82.0 Å². The molecule has 3 unspecified atom stereocenters. The van der Waals surface area contributed by atoms with E-state index < -0.39 is 41.0 Å². The molecule has 11 heteroatoms. The molecule has 0 fully saturated rings. The van der Waals surface area contributed by atoms with E-state index in [1.807, 2.05) is 85.7 Å². The summed E-state index contributed by atoms with van der Waals surface area (Å²) in [5, 5.41) is 25.7. The van der Waals surface area contributed by atoms with Crippen LogP contribution in [-0.2, 0) is 13.0 Å². The summed E-state index contributed by atoms with van der Waals surface area (Å²) >= 11 is 3.02. The van der Waals surface area contributed by atoms with Crippen LogP contribution in [0.3, 0.4) is 0 Å². The number of methoxy groups -OCH3 is 1. The fourth-order valence-electron chi connectivity index (χ4n) is 4.04. The SMILES string of the molecule is COc1cccc(SN(Cc2cccs2)CC(O)C(Cc2ccccc2)NC(=O)c2cc(F)c(P)c(O)c2F)c1. The van der Waals surface area contributed by atoms with Crippen LogP contribution >= 0.6 is 32.5 Å². The molecule has 6 nitrogen and oxygen atoms in total. The van der Waals surface area contributed by atoms with E-state index in [1.165, 1.54) is 11.9 Å². The van der Waals surface area contributed by atoms with Crippen LogP contribution in [0.2, 0.25) is 0 Å². The Morgan fingerprint density at radius 1 is 1.12 bits per heavy atom. The lowest BCUT2D eigenvalue weighted by atomic mass is 10.00. The van der Waals surface area contributed by atoms with E-state index >= 15 is 0 Å². The molecule has 1 heterocycles. The van der Waals surface area contributed by atoms with Crippen molar-refractivity contribution in [2.75, 3.05) is 13.7 Å². The first-order valence-corrected chi connectivity index (χ1v) is 14.6. The van der Waals surface area contributed by atoms with Crippen molar-refractivity contribution in [3.8, 4) is 11.5 Å². The Kier molecular flexibility index (Phi) is 10.5. The van der Waals surface area contributed by atoms with Crippen LogP contribution in [0.5, 0.6) is 11.5 Å². The highest BCUT2D eigenvalue weighted by Crippen LogP contribution is 2.29. The van der Waals surface area contributed by atoms with Gasteiger partial charge in [-0.05, 0) is 59.6 Å². The monoisotopic (exact) mass is 602 g/mol. The molecule has 1 aromatic heterocycles. The number of aliphatic hydroxyl groups excluding tert-OH is 1. The number of aromatic hydroxyl groups is 1. The Morgan fingerprint density at radius 2 is 1.90 bits per heavy atom. The smallest absolute Gasteiger partial charge is 0.254 e. The Hall–Kier alpha value is -3.01. The molecule has 3 N–H and O–H groups in total. The molecule has 0 radical (unpaired) electrons. The Bertz CT molecular complexity index is 1430. The molecule has 4 rings (SSSR count). The number of phenolic OH excluding ortho intramolecular Hbond substituents is 1. The van der Waals surface area contributed by atoms with Crippen LogP contribution in [0, 0.1) is 11.6 Å². The number of rotatable bonds is 12. The van der Waals surface area contributed by atoms with Gasteiger partial charge in [0.1, 0.15) is 11.6 Å². The fourth-order valence-corrected chi connectivity index (χ4v) is 6.09. The van der Waals surface area contributed by atoms with Crippen LogP contribution in [0.1, 0.15) is 20.8 Å². The minimum atomic E-state index is -1.23. The van der Waals surface area contributed by atoms with Gasteiger partial charge in [-0.15, -0.1) is 11.3 Å². The molecule has 3 aromatic carbocycles. The second-order valence-electron chi connectivity index (χ2n) is 8.99. The van der Waals surface area contributed by atoms with E-state index in [9.17, 15) is 23.8 Å². The lowest BCUT2D eigenvalue weighted by molar-refractivity contribution is 0.0783. The number of amides is 1. The maximum absolute atomic E-state index is 14.7. The van der Waals surface area contributed by atoms with Gasteiger partial charge in [-0.2, -0.15) is 0 Å². The second kappa shape index (κ2) is 14.1. The first-order chi connectivity index (χ1) is 19.2. The van der Waals surface area contributed by atoms with E-state index in [-0.39, 0.29) is 18.3 Å². The molecule has 3 atom stereocenters. The molecule has 0 bridgehead atoms. The summed E-state index contributed by atoms with van der Waals surface area (Å²) in [7, 11) is 3.50. The van der Waals surface area contributed by atoms with Crippen molar-refractivity contribution in [1.82, 2.24) is 9.62 Å². The molecule has 0 aliphatic rings. The number of nitrogens with one attached hydrogen (secondary N) is 1. The number of hydrogen-bond donors (Lipinski definition) is 3. The quantitative estimate of drug-likeness (QED) is 0.154. The summed E-state index contributed by atoms with van der Waals surface area (Å²) < 4.78 is 36.3. The van der Waals surface area contributed by atoms with Gasteiger partial charge in [-0.1, -0.05) is 51.7 Å². The van der Waals surface area contributed by atoms with Gasteiger partial charge >= 0.3 is 0 Å². The van der Waals surface area contributed by atoms with E-state index in [4.69, 9.17) is 4.74 Å². The van der Waals surface area contributed by atoms with E-state index in [0.29, 0.717) is 12.3 Å². The molecule has 40 heavy (non-hydrogen) atoms. The average Bonchev–Trinajstić information content (AvgIpc) is 3.47. The van der Waals surface area contributed by atoms with Gasteiger partial charge in [-0.25, -0.2) is 13.1 Å². The van der Waals surface area contributed by atoms with Crippen LogP contribution in [0.4, 0.5) is 8.78 Å². The van der Waals surface area contributed by atoms with Gasteiger partial charge < -0.3 is 20.3 Å². The zero-order chi connectivity index (χ0) is 28.6. The lowest BCUT2D eigenvalue weighted by Crippen LogP contribution is -2.48. The van der Waals surface area contributed by atoms with E-state index in [2.05, 4.69) is 5.32 Å². The highest BCUT2D eigenvalue weighted by atomic mass is 32.2. The summed E-state index contributed by atoms with van der Waals surface area (Å²) in [6, 6.07) is 20.6. The van der Waals surface area contributed by atoms with Crippen molar-refractivity contribution in [2.24, 2.45) is 0 Å². The second-order valence-corrected chi connectivity index (χ2v) is 11.8. The maximum atomic E-state index is 14.7. The number of carbonyl (C=O) groups is 1. The normalized spacial score (nSPS) is 12.8. The molecule has 0 aliphatic carbocycles. The molecule has 0 aliphatic heterocycles. The van der Waals surface area contributed by atoms with E-state index in [1.54, 1.807) is 18.4 Å². The Labute approximate surface area is 242 Å². The zero-order valence-electron chi connectivity index (χ0n) is 21.6. The van der Waals surface area contributed by atoms with Crippen LogP contribution in [0.25, 0.3) is 0 Å². The van der Waals surface area contributed by atoms with Gasteiger partial charge in [-0.3, -0.25) is 4.79 Å². The minimum Gasteiger partial charge on any atom is -0.504 e. The summed E-state index contributed by atoms with van der Waals surface area (Å²) in [6.07, 6.45) is -0.855. The van der Waals surface area contributed by atoms with Crippen molar-refractivity contribution in [3.05, 3.63) is 106 Å². The number of aliphatic hydroxyl groups is 1. The first kappa shape index (κ1) is 30.0. The largest absolute Gasteiger partial charge is 0.504 e. The van der Waals surface area contributed by atoms with Gasteiger partial charge in [0.15, 0.2) is 11.6 Å². The molecular weight excluding hydrogens is 573 g/mol. The van der Waals surface area contributed by atoms with Gasteiger partial charge in [0.05, 0.1) is 30.1 Å². The molecule has 4 aromatic rings. The van der Waals surface area contributed by atoms with Gasteiger partial charge in [0, 0.05) is 22.9 Å². The molecule has 1 amide bonds. The van der Waals surface area contributed by atoms with Crippen molar-refractivity contribution in [3.63, 3.8) is 0 Å². The van der Waals surface area contributed by atoms with Crippen molar-refractivity contribution in [2.45, 2.75) is 30.0 Å². The first-order valence-electron chi connectivity index (χ1n) is 12.3. The highest BCUT2D eigenvalue weighted by Gasteiger charge is 2.28. The number of hydrogen-bond acceptors (Lipinski definition) is 7. The number of ether oxygens (including phenoxy) is 1. The summed E-state index contributed by atoms with van der Waals surface area (Å²) in [5.41, 5.74) is 0.194. The van der Waals surface area contributed by atoms with Crippen molar-refractivity contribution >= 4 is 43.7 Å². The summed E-state index contributed by atoms with van der Waals surface area (Å²) in [5.74, 6) is -3.37. The number of nitrogens with zero attached hydrogens (tertiary/aromatic N) is 1. The minimum absolute atomic E-state index is 0.143. The third kappa shape index (κ3) is 7.80. The van der Waals surface area contributed by atoms with E-state index in [0.717, 1.165) is 21.4 Å². The van der Waals surface area contributed by atoms with Crippen LogP contribution in [0.15, 0.2) is 83.1 Å². The molecule has 0 spiro atoms. The standard InChI is InChI=1S/C29H29F2N2O4PS2/c1-37-19-9-5-10-20(14-19)40-33(16-21-11-6-12-39-21)17-25(34)24(13-18-7-3-2-4-8-18)32-29(36)22-15-23(30)28(38)27(35)26(22)31/h2-12,14-15,24-25,34-35H,13,16-17,38H2,1H3,(H,32,36). The predicted molar refractivity (Wildman–Crippen MR) is 158 cm³/mol.